The molecule has 4 N–H and O–H groups in total. The lowest BCUT2D eigenvalue weighted by Crippen LogP contribution is -2.23. The topological polar surface area (TPSA) is 124 Å². The SMILES string of the molecule is O=C(O)[S+](O)O[S+](O)C(=O)O. The van der Waals surface area contributed by atoms with E-state index in [1.165, 1.54) is 0 Å². The van der Waals surface area contributed by atoms with Crippen molar-refractivity contribution in [3.63, 3.8) is 0 Å². The summed E-state index contributed by atoms with van der Waals surface area (Å²) in [7, 11) is 0. The van der Waals surface area contributed by atoms with Crippen LogP contribution in [0.2, 0.25) is 0 Å². The molecule has 0 radical (unpaired) electrons. The van der Waals surface area contributed by atoms with Crippen LogP contribution in [0, 0.1) is 0 Å². The smallest absolute Gasteiger partial charge is 0.436 e. The molecule has 0 aromatic heterocycles. The van der Waals surface area contributed by atoms with E-state index in [4.69, 9.17) is 19.3 Å². The standard InChI is InChI=1S/C2H2O7S2/c3-1(4)10(7)9-11(8)2(5)6/h7-8H/p+2. The fourth-order valence-electron chi connectivity index (χ4n) is 0.119. The maximum atomic E-state index is 9.80. The van der Waals surface area contributed by atoms with Crippen molar-refractivity contribution in [3.8, 4) is 0 Å². The van der Waals surface area contributed by atoms with Gasteiger partial charge in [-0.1, -0.05) is 0 Å². The van der Waals surface area contributed by atoms with Crippen molar-refractivity contribution in [3.05, 3.63) is 0 Å². The van der Waals surface area contributed by atoms with Gasteiger partial charge in [0.2, 0.25) is 0 Å². The molecule has 7 nitrogen and oxygen atoms in total. The lowest BCUT2D eigenvalue weighted by Gasteiger charge is -1.82. The molecule has 0 saturated heterocycles. The quantitative estimate of drug-likeness (QED) is 0.479. The molecule has 0 bridgehead atoms. The van der Waals surface area contributed by atoms with Gasteiger partial charge in [-0.15, -0.1) is 9.11 Å². The second-order valence-corrected chi connectivity index (χ2v) is 3.34. The molecule has 0 aromatic rings. The molecule has 2 atom stereocenters. The number of carbonyl (C=O) groups is 2. The zero-order valence-electron chi connectivity index (χ0n) is 4.83. The summed E-state index contributed by atoms with van der Waals surface area (Å²) >= 11 is -5.15. The summed E-state index contributed by atoms with van der Waals surface area (Å²) in [5.74, 6) is 0. The van der Waals surface area contributed by atoms with Crippen LogP contribution in [0.3, 0.4) is 0 Å². The Morgan fingerprint density at radius 3 is 1.45 bits per heavy atom. The van der Waals surface area contributed by atoms with Gasteiger partial charge >= 0.3 is 33.5 Å². The molecule has 0 saturated carbocycles. The normalized spacial score (nSPS) is 15.5. The van der Waals surface area contributed by atoms with Crippen molar-refractivity contribution in [2.24, 2.45) is 0 Å². The van der Waals surface area contributed by atoms with Crippen molar-refractivity contribution in [1.29, 1.82) is 0 Å². The van der Waals surface area contributed by atoms with Crippen LogP contribution in [-0.2, 0) is 26.5 Å². The van der Waals surface area contributed by atoms with Gasteiger partial charge in [-0.3, -0.25) is 0 Å². The predicted molar refractivity (Wildman–Crippen MR) is 37.1 cm³/mol. The van der Waals surface area contributed by atoms with Crippen LogP contribution < -0.4 is 0 Å². The molecule has 0 spiro atoms. The maximum Gasteiger partial charge on any atom is 0.603 e. The van der Waals surface area contributed by atoms with Crippen molar-refractivity contribution < 1.29 is 32.5 Å². The summed E-state index contributed by atoms with van der Waals surface area (Å²) in [6.07, 6.45) is 0. The van der Waals surface area contributed by atoms with Gasteiger partial charge in [0.05, 0.1) is 0 Å². The van der Waals surface area contributed by atoms with Gasteiger partial charge < -0.3 is 10.2 Å². The first-order chi connectivity index (χ1) is 4.95. The highest BCUT2D eigenvalue weighted by atomic mass is 32.3. The second-order valence-electron chi connectivity index (χ2n) is 1.10. The van der Waals surface area contributed by atoms with Gasteiger partial charge in [0.25, 0.3) is 0 Å². The van der Waals surface area contributed by atoms with E-state index in [2.05, 4.69) is 3.63 Å². The molecular weight excluding hydrogens is 200 g/mol. The highest BCUT2D eigenvalue weighted by molar-refractivity contribution is 8.13. The van der Waals surface area contributed by atoms with E-state index in [-0.39, 0.29) is 0 Å². The zero-order chi connectivity index (χ0) is 9.02. The van der Waals surface area contributed by atoms with Crippen molar-refractivity contribution in [2.75, 3.05) is 0 Å². The Bertz CT molecular complexity index is 150. The third-order valence-corrected chi connectivity index (χ3v) is 2.06. The highest BCUT2D eigenvalue weighted by Gasteiger charge is 2.49. The number of hydrogen-bond donors (Lipinski definition) is 4. The molecule has 11 heavy (non-hydrogen) atoms. The number of rotatable bonds is 2. The second kappa shape index (κ2) is 4.41. The Morgan fingerprint density at radius 1 is 1.00 bits per heavy atom. The van der Waals surface area contributed by atoms with E-state index < -0.39 is 33.5 Å². The van der Waals surface area contributed by atoms with E-state index in [1.807, 2.05) is 0 Å². The molecule has 2 unspecified atom stereocenters. The molecule has 0 amide bonds. The molecule has 0 aromatic carbocycles. The Balaban J connectivity index is 3.84. The van der Waals surface area contributed by atoms with Gasteiger partial charge in [0.1, 0.15) is 3.63 Å². The maximum absolute atomic E-state index is 9.80. The van der Waals surface area contributed by atoms with Crippen LogP contribution in [0.1, 0.15) is 0 Å². The van der Waals surface area contributed by atoms with E-state index in [9.17, 15) is 9.59 Å². The molecule has 9 heteroatoms. The average Bonchev–Trinajstić information content (AvgIpc) is 1.87. The predicted octanol–water partition coefficient (Wildman–Crippen LogP) is 0.372. The molecule has 0 fully saturated rings. The molecule has 0 aliphatic carbocycles. The Morgan fingerprint density at radius 2 is 1.27 bits per heavy atom. The minimum atomic E-state index is -2.57. The minimum Gasteiger partial charge on any atom is -0.436 e. The molecular formula is C2H4O7S2+2. The molecule has 0 aliphatic heterocycles. The van der Waals surface area contributed by atoms with Crippen LogP contribution in [0.5, 0.6) is 0 Å². The first-order valence-corrected chi connectivity index (χ1v) is 4.18. The summed E-state index contributed by atoms with van der Waals surface area (Å²) in [5, 5.41) is 12.4. The van der Waals surface area contributed by atoms with Crippen LogP contribution in [0.25, 0.3) is 0 Å². The van der Waals surface area contributed by atoms with Crippen LogP contribution >= 0.6 is 0 Å². The lowest BCUT2D eigenvalue weighted by atomic mass is 11.6. The molecule has 0 aliphatic rings. The molecule has 64 valence electrons. The summed E-state index contributed by atoms with van der Waals surface area (Å²) in [6.45, 7) is 0. The fraction of sp³-hybridized carbons (Fsp3) is 0. The number of carboxylic acid groups (broad SMARTS) is 2. The van der Waals surface area contributed by atoms with E-state index in [1.54, 1.807) is 0 Å². The van der Waals surface area contributed by atoms with E-state index >= 15 is 0 Å². The van der Waals surface area contributed by atoms with Crippen LogP contribution in [0.4, 0.5) is 9.59 Å². The fourth-order valence-corrected chi connectivity index (χ4v) is 1.07. The summed E-state index contributed by atoms with van der Waals surface area (Å²) < 4.78 is 20.4. The Kier molecular flexibility index (Phi) is 4.22. The van der Waals surface area contributed by atoms with E-state index in [0.717, 1.165) is 0 Å². The summed E-state index contributed by atoms with van der Waals surface area (Å²) in [4.78, 5) is 19.6. The van der Waals surface area contributed by atoms with Crippen molar-refractivity contribution in [2.45, 2.75) is 0 Å². The van der Waals surface area contributed by atoms with Gasteiger partial charge in [-0.2, -0.15) is 9.59 Å². The van der Waals surface area contributed by atoms with Crippen molar-refractivity contribution >= 4 is 33.5 Å². The Hall–Kier alpha value is -0.480. The lowest BCUT2D eigenvalue weighted by molar-refractivity contribution is 0.215. The molecule has 0 heterocycles. The Labute approximate surface area is 66.7 Å². The minimum absolute atomic E-state index is 1.74. The summed E-state index contributed by atoms with van der Waals surface area (Å²) in [6, 6.07) is 0. The average molecular weight is 204 g/mol. The van der Waals surface area contributed by atoms with Gasteiger partial charge in [0.15, 0.2) is 0 Å². The van der Waals surface area contributed by atoms with Crippen LogP contribution in [0.15, 0.2) is 0 Å². The van der Waals surface area contributed by atoms with Gasteiger partial charge in [0, 0.05) is 0 Å². The monoisotopic (exact) mass is 204 g/mol. The van der Waals surface area contributed by atoms with E-state index in [0.29, 0.717) is 0 Å². The largest absolute Gasteiger partial charge is 0.603 e. The third-order valence-electron chi connectivity index (χ3n) is 0.428. The third kappa shape index (κ3) is 4.06. The highest BCUT2D eigenvalue weighted by Crippen LogP contribution is 2.03. The summed E-state index contributed by atoms with van der Waals surface area (Å²) in [5.41, 5.74) is 0. The zero-order valence-corrected chi connectivity index (χ0v) is 6.46. The first kappa shape index (κ1) is 10.5. The van der Waals surface area contributed by atoms with Crippen molar-refractivity contribution in [1.82, 2.24) is 0 Å². The van der Waals surface area contributed by atoms with Gasteiger partial charge in [-0.05, 0) is 0 Å². The first-order valence-electron chi connectivity index (χ1n) is 1.96. The van der Waals surface area contributed by atoms with Gasteiger partial charge in [-0.25, -0.2) is 0 Å². The number of hydrogen-bond acceptors (Lipinski definition) is 5. The van der Waals surface area contributed by atoms with Crippen LogP contribution in [-0.4, -0.2) is 29.9 Å². The molecule has 0 rings (SSSR count).